The number of rotatable bonds is 3. The van der Waals surface area contributed by atoms with Crippen LogP contribution in [0.15, 0.2) is 36.5 Å². The Morgan fingerprint density at radius 2 is 1.95 bits per heavy atom. The average Bonchev–Trinajstić information content (AvgIpc) is 2.40. The molecule has 5 heteroatoms. The number of ether oxygens (including phenoxy) is 1. The topological polar surface area (TPSA) is 85.4 Å². The Labute approximate surface area is 123 Å². The van der Waals surface area contributed by atoms with E-state index in [0.29, 0.717) is 5.75 Å². The molecule has 5 nitrogen and oxygen atoms in total. The van der Waals surface area contributed by atoms with Gasteiger partial charge in [-0.25, -0.2) is 9.78 Å². The second-order valence-corrected chi connectivity index (χ2v) is 5.77. The van der Waals surface area contributed by atoms with Crippen LogP contribution in [0.4, 0.5) is 5.69 Å². The van der Waals surface area contributed by atoms with E-state index in [2.05, 4.69) is 25.8 Å². The zero-order valence-electron chi connectivity index (χ0n) is 12.3. The number of anilines is 1. The maximum atomic E-state index is 10.9. The number of para-hydroxylation sites is 1. The van der Waals surface area contributed by atoms with Crippen molar-refractivity contribution in [1.82, 2.24) is 4.98 Å². The van der Waals surface area contributed by atoms with Gasteiger partial charge in [0, 0.05) is 11.8 Å². The van der Waals surface area contributed by atoms with E-state index < -0.39 is 5.97 Å². The van der Waals surface area contributed by atoms with Crippen molar-refractivity contribution < 1.29 is 14.6 Å². The molecule has 0 atom stereocenters. The third-order valence-corrected chi connectivity index (χ3v) is 3.03. The van der Waals surface area contributed by atoms with Gasteiger partial charge in [0.1, 0.15) is 5.75 Å². The number of pyridine rings is 1. The Hall–Kier alpha value is -2.56. The summed E-state index contributed by atoms with van der Waals surface area (Å²) in [6.07, 6.45) is 1.23. The predicted molar refractivity (Wildman–Crippen MR) is 80.8 cm³/mol. The highest BCUT2D eigenvalue weighted by molar-refractivity contribution is 5.88. The molecule has 1 heterocycles. The molecule has 0 amide bonds. The Morgan fingerprint density at radius 3 is 2.52 bits per heavy atom. The van der Waals surface area contributed by atoms with Crippen molar-refractivity contribution in [3.05, 3.63) is 47.7 Å². The number of hydrogen-bond donors (Lipinski definition) is 2. The van der Waals surface area contributed by atoms with Crippen LogP contribution in [-0.2, 0) is 5.41 Å². The van der Waals surface area contributed by atoms with Crippen molar-refractivity contribution >= 4 is 11.7 Å². The van der Waals surface area contributed by atoms with Gasteiger partial charge >= 0.3 is 5.97 Å². The molecule has 2 aromatic rings. The minimum atomic E-state index is -1.07. The van der Waals surface area contributed by atoms with Crippen LogP contribution in [0.2, 0.25) is 0 Å². The van der Waals surface area contributed by atoms with Gasteiger partial charge < -0.3 is 15.6 Å². The van der Waals surface area contributed by atoms with Crippen molar-refractivity contribution in [3.63, 3.8) is 0 Å². The number of nitrogens with two attached hydrogens (primary N) is 1. The van der Waals surface area contributed by atoms with Gasteiger partial charge in [-0.1, -0.05) is 39.0 Å². The molecular formula is C16H18N2O3. The largest absolute Gasteiger partial charge is 0.478 e. The molecule has 0 spiro atoms. The summed E-state index contributed by atoms with van der Waals surface area (Å²) in [4.78, 5) is 14.9. The molecule has 2 rings (SSSR count). The van der Waals surface area contributed by atoms with Crippen LogP contribution in [0.25, 0.3) is 0 Å². The maximum absolute atomic E-state index is 10.9. The molecule has 21 heavy (non-hydrogen) atoms. The second kappa shape index (κ2) is 5.44. The lowest BCUT2D eigenvalue weighted by atomic mass is 9.86. The highest BCUT2D eigenvalue weighted by atomic mass is 16.5. The lowest BCUT2D eigenvalue weighted by Crippen LogP contribution is -2.12. The quantitative estimate of drug-likeness (QED) is 0.902. The SMILES string of the molecule is CC(C)(C)c1ccccc1Oc1ncc(C(=O)O)cc1N. The third-order valence-electron chi connectivity index (χ3n) is 3.03. The van der Waals surface area contributed by atoms with E-state index >= 15 is 0 Å². The monoisotopic (exact) mass is 286 g/mol. The molecule has 0 radical (unpaired) electrons. The van der Waals surface area contributed by atoms with Crippen LogP contribution in [0, 0.1) is 0 Å². The Bertz CT molecular complexity index is 675. The molecule has 0 saturated heterocycles. The average molecular weight is 286 g/mol. The van der Waals surface area contributed by atoms with E-state index in [1.54, 1.807) is 0 Å². The fourth-order valence-corrected chi connectivity index (χ4v) is 1.95. The number of nitrogen functional groups attached to an aromatic ring is 1. The van der Waals surface area contributed by atoms with Crippen LogP contribution >= 0.6 is 0 Å². The molecular weight excluding hydrogens is 268 g/mol. The highest BCUT2D eigenvalue weighted by Gasteiger charge is 2.19. The van der Waals surface area contributed by atoms with Gasteiger partial charge in [-0.05, 0) is 17.5 Å². The minimum Gasteiger partial charge on any atom is -0.478 e. The number of nitrogens with zero attached hydrogens (tertiary/aromatic N) is 1. The predicted octanol–water partition coefficient (Wildman–Crippen LogP) is 3.45. The molecule has 1 aromatic heterocycles. The van der Waals surface area contributed by atoms with Crippen molar-refractivity contribution in [3.8, 4) is 11.6 Å². The summed E-state index contributed by atoms with van der Waals surface area (Å²) in [7, 11) is 0. The van der Waals surface area contributed by atoms with Crippen molar-refractivity contribution in [1.29, 1.82) is 0 Å². The van der Waals surface area contributed by atoms with Crippen molar-refractivity contribution in [2.24, 2.45) is 0 Å². The number of carboxylic acids is 1. The van der Waals surface area contributed by atoms with Crippen LogP contribution in [-0.4, -0.2) is 16.1 Å². The van der Waals surface area contributed by atoms with Gasteiger partial charge in [0.15, 0.2) is 0 Å². The van der Waals surface area contributed by atoms with Gasteiger partial charge in [-0.2, -0.15) is 0 Å². The first-order valence-corrected chi connectivity index (χ1v) is 6.55. The van der Waals surface area contributed by atoms with Crippen LogP contribution < -0.4 is 10.5 Å². The maximum Gasteiger partial charge on any atom is 0.337 e. The summed E-state index contributed by atoms with van der Waals surface area (Å²) in [5, 5.41) is 8.90. The fourth-order valence-electron chi connectivity index (χ4n) is 1.95. The van der Waals surface area contributed by atoms with E-state index in [4.69, 9.17) is 15.6 Å². The van der Waals surface area contributed by atoms with Crippen molar-refractivity contribution in [2.75, 3.05) is 5.73 Å². The Kier molecular flexibility index (Phi) is 3.84. The molecule has 0 bridgehead atoms. The summed E-state index contributed by atoms with van der Waals surface area (Å²) in [5.74, 6) is -0.209. The summed E-state index contributed by atoms with van der Waals surface area (Å²) < 4.78 is 5.77. The summed E-state index contributed by atoms with van der Waals surface area (Å²) in [6, 6.07) is 8.97. The minimum absolute atomic E-state index is 0.0314. The van der Waals surface area contributed by atoms with E-state index in [1.165, 1.54) is 12.3 Å². The van der Waals surface area contributed by atoms with Gasteiger partial charge in [-0.15, -0.1) is 0 Å². The zero-order valence-corrected chi connectivity index (χ0v) is 12.3. The molecule has 3 N–H and O–H groups in total. The Balaban J connectivity index is 2.38. The van der Waals surface area contributed by atoms with Crippen molar-refractivity contribution in [2.45, 2.75) is 26.2 Å². The molecule has 0 aliphatic carbocycles. The van der Waals surface area contributed by atoms with Crippen LogP contribution in [0.5, 0.6) is 11.6 Å². The van der Waals surface area contributed by atoms with Crippen LogP contribution in [0.1, 0.15) is 36.7 Å². The number of carboxylic acid groups (broad SMARTS) is 1. The molecule has 0 aliphatic heterocycles. The lowest BCUT2D eigenvalue weighted by molar-refractivity contribution is 0.0696. The third kappa shape index (κ3) is 3.31. The number of carbonyl (C=O) groups is 1. The molecule has 0 fully saturated rings. The first kappa shape index (κ1) is 14.8. The second-order valence-electron chi connectivity index (χ2n) is 5.77. The Morgan fingerprint density at radius 1 is 1.29 bits per heavy atom. The fraction of sp³-hybridized carbons (Fsp3) is 0.250. The molecule has 110 valence electrons. The van der Waals surface area contributed by atoms with Gasteiger partial charge in [0.25, 0.3) is 0 Å². The summed E-state index contributed by atoms with van der Waals surface area (Å²) in [6.45, 7) is 6.25. The number of hydrogen-bond acceptors (Lipinski definition) is 4. The van der Waals surface area contributed by atoms with Crippen LogP contribution in [0.3, 0.4) is 0 Å². The molecule has 1 aromatic carbocycles. The number of aromatic carboxylic acids is 1. The summed E-state index contributed by atoms with van der Waals surface area (Å²) in [5.41, 5.74) is 6.97. The van der Waals surface area contributed by atoms with E-state index in [0.717, 1.165) is 5.56 Å². The standard InChI is InChI=1S/C16H18N2O3/c1-16(2,3)11-6-4-5-7-13(11)21-14-12(17)8-10(9-18-14)15(19)20/h4-9H,17H2,1-3H3,(H,19,20). The van der Waals surface area contributed by atoms with Gasteiger partial charge in [0.05, 0.1) is 11.3 Å². The first-order chi connectivity index (χ1) is 9.79. The number of aromatic nitrogens is 1. The first-order valence-electron chi connectivity index (χ1n) is 6.55. The van der Waals surface area contributed by atoms with E-state index in [-0.39, 0.29) is 22.5 Å². The number of benzene rings is 1. The lowest BCUT2D eigenvalue weighted by Gasteiger charge is -2.22. The van der Waals surface area contributed by atoms with Gasteiger partial charge in [0.2, 0.25) is 5.88 Å². The summed E-state index contributed by atoms with van der Waals surface area (Å²) >= 11 is 0. The normalized spacial score (nSPS) is 11.2. The zero-order chi connectivity index (χ0) is 15.6. The van der Waals surface area contributed by atoms with Gasteiger partial charge in [-0.3, -0.25) is 0 Å². The van der Waals surface area contributed by atoms with E-state index in [9.17, 15) is 4.79 Å². The molecule has 0 unspecified atom stereocenters. The smallest absolute Gasteiger partial charge is 0.337 e. The molecule has 0 saturated carbocycles. The highest BCUT2D eigenvalue weighted by Crippen LogP contribution is 2.34. The van der Waals surface area contributed by atoms with E-state index in [1.807, 2.05) is 24.3 Å². The molecule has 0 aliphatic rings.